The molecule has 0 radical (unpaired) electrons. The van der Waals surface area contributed by atoms with Crippen LogP contribution in [0.4, 0.5) is 0 Å². The van der Waals surface area contributed by atoms with Gasteiger partial charge < -0.3 is 0 Å². The van der Waals surface area contributed by atoms with E-state index in [-0.39, 0.29) is 11.9 Å². The smallest absolute Gasteiger partial charge is 0.240 e. The number of aromatic nitrogens is 1. The van der Waals surface area contributed by atoms with Gasteiger partial charge in [0.25, 0.3) is 0 Å². The van der Waals surface area contributed by atoms with Crippen LogP contribution in [0.5, 0.6) is 0 Å². The number of nitrogens with zero attached hydrogens (tertiary/aromatic N) is 3. The van der Waals surface area contributed by atoms with Crippen molar-refractivity contribution in [3.63, 3.8) is 0 Å². The molecule has 1 amide bonds. The maximum atomic E-state index is 12.2. The number of hydrogen-bond donors (Lipinski definition) is 0. The van der Waals surface area contributed by atoms with Crippen molar-refractivity contribution in [3.8, 4) is 0 Å². The quantitative estimate of drug-likeness (QED) is 0.438. The van der Waals surface area contributed by atoms with Gasteiger partial charge in [0.15, 0.2) is 0 Å². The van der Waals surface area contributed by atoms with Crippen LogP contribution in [0, 0.1) is 0 Å². The van der Waals surface area contributed by atoms with E-state index in [4.69, 9.17) is 23.2 Å². The summed E-state index contributed by atoms with van der Waals surface area (Å²) in [5.74, 6) is -0.144. The molecule has 0 fully saturated rings. The van der Waals surface area contributed by atoms with E-state index in [1.54, 1.807) is 0 Å². The first-order chi connectivity index (χ1) is 12.9. The largest absolute Gasteiger partial charge is 0.273 e. The monoisotopic (exact) mass is 461 g/mol. The van der Waals surface area contributed by atoms with Gasteiger partial charge in [-0.15, -0.1) is 0 Å². The molecule has 1 aromatic heterocycles. The fourth-order valence-corrected chi connectivity index (χ4v) is 4.01. The highest BCUT2D eigenvalue weighted by atomic mass is 79.9. The third-order valence-corrected chi connectivity index (χ3v) is 5.57. The fourth-order valence-electron chi connectivity index (χ4n) is 3.23. The molecule has 1 unspecified atom stereocenters. The predicted octanol–water partition coefficient (Wildman–Crippen LogP) is 6.00. The molecule has 3 aromatic rings. The molecule has 1 aliphatic heterocycles. The summed E-state index contributed by atoms with van der Waals surface area (Å²) in [4.78, 5) is 16.7. The lowest BCUT2D eigenvalue weighted by Crippen LogP contribution is -2.24. The Balaban J connectivity index is 1.77. The van der Waals surface area contributed by atoms with Crippen molar-refractivity contribution in [2.75, 3.05) is 0 Å². The van der Waals surface area contributed by atoms with Crippen molar-refractivity contribution in [3.05, 3.63) is 74.3 Å². The van der Waals surface area contributed by atoms with Gasteiger partial charge in [-0.25, -0.2) is 9.99 Å². The van der Waals surface area contributed by atoms with Gasteiger partial charge in [-0.05, 0) is 42.0 Å². The first-order valence-corrected chi connectivity index (χ1v) is 9.86. The molecule has 2 heterocycles. The van der Waals surface area contributed by atoms with Gasteiger partial charge in [-0.1, -0.05) is 51.3 Å². The van der Waals surface area contributed by atoms with Crippen molar-refractivity contribution >= 4 is 61.7 Å². The summed E-state index contributed by atoms with van der Waals surface area (Å²) in [5, 5.41) is 8.02. The molecule has 0 saturated heterocycles. The number of hydrazone groups is 1. The van der Waals surface area contributed by atoms with Gasteiger partial charge in [-0.2, -0.15) is 5.10 Å². The Kier molecular flexibility index (Phi) is 4.93. The zero-order valence-corrected chi connectivity index (χ0v) is 17.4. The number of halogens is 3. The normalized spacial score (nSPS) is 16.7. The Hall–Kier alpha value is -1.95. The van der Waals surface area contributed by atoms with Gasteiger partial charge in [0.05, 0.1) is 17.3 Å². The number of pyridine rings is 1. The lowest BCUT2D eigenvalue weighted by atomic mass is 9.98. The molecule has 136 valence electrons. The van der Waals surface area contributed by atoms with Gasteiger partial charge in [0, 0.05) is 33.8 Å². The summed E-state index contributed by atoms with van der Waals surface area (Å²) >= 11 is 15.9. The number of hydrogen-bond acceptors (Lipinski definition) is 3. The molecular formula is C20H14BrCl2N3O. The number of rotatable bonds is 2. The first kappa shape index (κ1) is 18.4. The van der Waals surface area contributed by atoms with E-state index in [1.165, 1.54) is 11.9 Å². The molecule has 0 saturated carbocycles. The van der Waals surface area contributed by atoms with Crippen molar-refractivity contribution in [2.45, 2.75) is 19.4 Å². The van der Waals surface area contributed by atoms with E-state index in [0.717, 1.165) is 32.2 Å². The average Bonchev–Trinajstić information content (AvgIpc) is 3.07. The van der Waals surface area contributed by atoms with E-state index >= 15 is 0 Å². The molecule has 0 N–H and O–H groups in total. The maximum Gasteiger partial charge on any atom is 0.240 e. The Morgan fingerprint density at radius 1 is 1.15 bits per heavy atom. The minimum absolute atomic E-state index is 0.144. The second kappa shape index (κ2) is 7.23. The second-order valence-electron chi connectivity index (χ2n) is 6.34. The highest BCUT2D eigenvalue weighted by Gasteiger charge is 2.33. The molecular weight excluding hydrogens is 449 g/mol. The zero-order valence-electron chi connectivity index (χ0n) is 14.3. The molecule has 0 spiro atoms. The van der Waals surface area contributed by atoms with Crippen LogP contribution >= 0.6 is 39.1 Å². The number of amides is 1. The Bertz CT molecular complexity index is 1080. The summed E-state index contributed by atoms with van der Waals surface area (Å²) < 4.78 is 0.957. The standard InChI is InChI=1S/C20H14BrCl2N3O/c1-11(27)26-19(10-18(25-26)12-2-5-15(22)6-3-12)16-9-13-8-14(21)4-7-17(13)24-20(16)23/h2-9,19H,10H2,1H3. The van der Waals surface area contributed by atoms with Crippen LogP contribution in [0.25, 0.3) is 10.9 Å². The molecule has 1 aliphatic rings. The molecule has 27 heavy (non-hydrogen) atoms. The van der Waals surface area contributed by atoms with Crippen molar-refractivity contribution in [2.24, 2.45) is 5.10 Å². The van der Waals surface area contributed by atoms with Crippen molar-refractivity contribution < 1.29 is 4.79 Å². The summed E-state index contributed by atoms with van der Waals surface area (Å²) in [7, 11) is 0. The minimum atomic E-state index is -0.295. The molecule has 4 nitrogen and oxygen atoms in total. The third-order valence-electron chi connectivity index (χ3n) is 4.53. The first-order valence-electron chi connectivity index (χ1n) is 8.31. The van der Waals surface area contributed by atoms with E-state index in [1.807, 2.05) is 48.5 Å². The van der Waals surface area contributed by atoms with Gasteiger partial charge in [-0.3, -0.25) is 4.79 Å². The van der Waals surface area contributed by atoms with Crippen LogP contribution in [-0.2, 0) is 4.79 Å². The number of carbonyl (C=O) groups excluding carboxylic acids is 1. The number of carbonyl (C=O) groups is 1. The van der Waals surface area contributed by atoms with E-state index in [2.05, 4.69) is 26.0 Å². The Morgan fingerprint density at radius 2 is 1.89 bits per heavy atom. The third kappa shape index (κ3) is 3.59. The summed E-state index contributed by atoms with van der Waals surface area (Å²) in [6.07, 6.45) is 0.558. The molecule has 7 heteroatoms. The molecule has 0 bridgehead atoms. The van der Waals surface area contributed by atoms with Gasteiger partial charge >= 0.3 is 0 Å². The van der Waals surface area contributed by atoms with Crippen LogP contribution in [0.3, 0.4) is 0 Å². The van der Waals surface area contributed by atoms with E-state index < -0.39 is 0 Å². The van der Waals surface area contributed by atoms with E-state index in [9.17, 15) is 4.79 Å². The van der Waals surface area contributed by atoms with Gasteiger partial charge in [0.1, 0.15) is 5.15 Å². The predicted molar refractivity (Wildman–Crippen MR) is 112 cm³/mol. The van der Waals surface area contributed by atoms with Crippen molar-refractivity contribution in [1.29, 1.82) is 0 Å². The number of benzene rings is 2. The van der Waals surface area contributed by atoms with Crippen LogP contribution in [0.2, 0.25) is 10.2 Å². The van der Waals surface area contributed by atoms with Crippen LogP contribution < -0.4 is 0 Å². The molecule has 2 aromatic carbocycles. The van der Waals surface area contributed by atoms with Crippen LogP contribution in [0.15, 0.2) is 58.1 Å². The van der Waals surface area contributed by atoms with Crippen molar-refractivity contribution in [1.82, 2.24) is 9.99 Å². The summed E-state index contributed by atoms with van der Waals surface area (Å²) in [6.45, 7) is 1.50. The lowest BCUT2D eigenvalue weighted by Gasteiger charge is -2.21. The zero-order chi connectivity index (χ0) is 19.1. The lowest BCUT2D eigenvalue weighted by molar-refractivity contribution is -0.130. The van der Waals surface area contributed by atoms with E-state index in [0.29, 0.717) is 16.6 Å². The highest BCUT2D eigenvalue weighted by molar-refractivity contribution is 9.10. The SMILES string of the molecule is CC(=O)N1N=C(c2ccc(Cl)cc2)CC1c1cc2cc(Br)ccc2nc1Cl. The highest BCUT2D eigenvalue weighted by Crippen LogP contribution is 2.37. The minimum Gasteiger partial charge on any atom is -0.273 e. The fraction of sp³-hybridized carbons (Fsp3) is 0.150. The Morgan fingerprint density at radius 3 is 2.59 bits per heavy atom. The van der Waals surface area contributed by atoms with Crippen LogP contribution in [-0.4, -0.2) is 21.6 Å². The van der Waals surface area contributed by atoms with Crippen LogP contribution in [0.1, 0.15) is 30.5 Å². The number of fused-ring (bicyclic) bond motifs is 1. The molecule has 4 rings (SSSR count). The maximum absolute atomic E-state index is 12.2. The summed E-state index contributed by atoms with van der Waals surface area (Å²) in [5.41, 5.74) is 3.33. The summed E-state index contributed by atoms with van der Waals surface area (Å²) in [6, 6.07) is 14.9. The molecule has 1 atom stereocenters. The topological polar surface area (TPSA) is 45.6 Å². The second-order valence-corrected chi connectivity index (χ2v) is 8.05. The average molecular weight is 463 g/mol. The van der Waals surface area contributed by atoms with Gasteiger partial charge in [0.2, 0.25) is 5.91 Å². The molecule has 0 aliphatic carbocycles. The Labute approximate surface area is 174 Å².